The van der Waals surface area contributed by atoms with Crippen molar-refractivity contribution in [2.75, 3.05) is 38.2 Å². The Balaban J connectivity index is 1.35. The summed E-state index contributed by atoms with van der Waals surface area (Å²) in [6, 6.07) is 25.3. The van der Waals surface area contributed by atoms with Crippen molar-refractivity contribution in [3.63, 3.8) is 0 Å². The highest BCUT2D eigenvalue weighted by molar-refractivity contribution is 5.91. The molecule has 1 unspecified atom stereocenters. The van der Waals surface area contributed by atoms with Crippen molar-refractivity contribution in [2.45, 2.75) is 78.6 Å². The molecule has 1 aliphatic rings. The molecule has 0 spiro atoms. The van der Waals surface area contributed by atoms with E-state index in [-0.39, 0.29) is 49.5 Å². The van der Waals surface area contributed by atoms with Gasteiger partial charge in [0.1, 0.15) is 29.7 Å². The number of anilines is 1. The number of amides is 2. The molecule has 292 valence electrons. The lowest BCUT2D eigenvalue weighted by molar-refractivity contribution is -0.143. The van der Waals surface area contributed by atoms with Gasteiger partial charge >= 0.3 is 5.97 Å². The summed E-state index contributed by atoms with van der Waals surface area (Å²) in [6.45, 7) is 8.55. The van der Waals surface area contributed by atoms with E-state index in [9.17, 15) is 18.8 Å². The van der Waals surface area contributed by atoms with Crippen molar-refractivity contribution in [3.05, 3.63) is 107 Å². The second kappa shape index (κ2) is 20.9. The van der Waals surface area contributed by atoms with Crippen molar-refractivity contribution in [1.29, 1.82) is 0 Å². The SMILES string of the molecule is CCOC(=O)CCc1ccc(NC(=O)CCCC(=O)N2CCOCC2)cc1OC(CC)Oc1cc(OCc2ccccc2)c(-c2ccc(F)cc2)cc1CC. The lowest BCUT2D eigenvalue weighted by Crippen LogP contribution is -2.40. The number of rotatable bonds is 19. The molecule has 1 atom stereocenters. The Hall–Kier alpha value is -5.42. The number of nitrogens with zero attached hydrogens (tertiary/aromatic N) is 1. The van der Waals surface area contributed by atoms with E-state index in [0.29, 0.717) is 81.5 Å². The molecular weight excluding hydrogens is 703 g/mol. The summed E-state index contributed by atoms with van der Waals surface area (Å²) < 4.78 is 43.8. The average molecular weight is 755 g/mol. The van der Waals surface area contributed by atoms with Gasteiger partial charge in [-0.3, -0.25) is 14.4 Å². The number of hydrogen-bond acceptors (Lipinski definition) is 8. The van der Waals surface area contributed by atoms with Gasteiger partial charge in [-0.15, -0.1) is 0 Å². The topological polar surface area (TPSA) is 113 Å². The van der Waals surface area contributed by atoms with Gasteiger partial charge in [0, 0.05) is 62.2 Å². The summed E-state index contributed by atoms with van der Waals surface area (Å²) in [5.74, 6) is 0.761. The normalized spacial score (nSPS) is 13.1. The third-order valence-corrected chi connectivity index (χ3v) is 9.20. The number of esters is 1. The fourth-order valence-electron chi connectivity index (χ4n) is 6.19. The summed E-state index contributed by atoms with van der Waals surface area (Å²) in [5, 5.41) is 2.93. The van der Waals surface area contributed by atoms with Gasteiger partial charge in [0.05, 0.1) is 19.8 Å². The van der Waals surface area contributed by atoms with E-state index in [1.54, 1.807) is 36.1 Å². The van der Waals surface area contributed by atoms with Crippen LogP contribution in [0.1, 0.15) is 69.6 Å². The number of ether oxygens (including phenoxy) is 5. The average Bonchev–Trinajstić information content (AvgIpc) is 3.20. The molecule has 1 N–H and O–H groups in total. The largest absolute Gasteiger partial charge is 0.488 e. The number of carbonyl (C=O) groups excluding carboxylic acids is 3. The van der Waals surface area contributed by atoms with Crippen LogP contribution in [0.5, 0.6) is 17.2 Å². The molecule has 0 bridgehead atoms. The smallest absolute Gasteiger partial charge is 0.306 e. The van der Waals surface area contributed by atoms with Crippen molar-refractivity contribution in [3.8, 4) is 28.4 Å². The Kier molecular flexibility index (Phi) is 15.5. The van der Waals surface area contributed by atoms with E-state index >= 15 is 0 Å². The number of hydrogen-bond donors (Lipinski definition) is 1. The van der Waals surface area contributed by atoms with Gasteiger partial charge in [-0.05, 0) is 72.7 Å². The number of carbonyl (C=O) groups is 3. The maximum atomic E-state index is 13.9. The first-order chi connectivity index (χ1) is 26.8. The highest BCUT2D eigenvalue weighted by atomic mass is 19.1. The van der Waals surface area contributed by atoms with Crippen LogP contribution >= 0.6 is 0 Å². The van der Waals surface area contributed by atoms with Crippen molar-refractivity contribution >= 4 is 23.5 Å². The maximum Gasteiger partial charge on any atom is 0.306 e. The van der Waals surface area contributed by atoms with Gasteiger partial charge in [-0.1, -0.05) is 62.4 Å². The Morgan fingerprint density at radius 3 is 2.24 bits per heavy atom. The summed E-state index contributed by atoms with van der Waals surface area (Å²) >= 11 is 0. The molecule has 2 amide bonds. The van der Waals surface area contributed by atoms with E-state index in [1.165, 1.54) is 12.1 Å². The summed E-state index contributed by atoms with van der Waals surface area (Å²) in [4.78, 5) is 39.6. The lowest BCUT2D eigenvalue weighted by atomic mass is 9.99. The minimum Gasteiger partial charge on any atom is -0.488 e. The van der Waals surface area contributed by atoms with Gasteiger partial charge in [0.25, 0.3) is 0 Å². The van der Waals surface area contributed by atoms with Gasteiger partial charge in [-0.25, -0.2) is 4.39 Å². The zero-order valence-electron chi connectivity index (χ0n) is 31.9. The lowest BCUT2D eigenvalue weighted by Gasteiger charge is -2.26. The molecule has 0 radical (unpaired) electrons. The molecule has 4 aromatic rings. The quantitative estimate of drug-likeness (QED) is 0.0752. The minimum atomic E-state index is -0.748. The molecule has 0 aromatic heterocycles. The highest BCUT2D eigenvalue weighted by Crippen LogP contribution is 2.38. The van der Waals surface area contributed by atoms with Gasteiger partial charge in [0.15, 0.2) is 0 Å². The van der Waals surface area contributed by atoms with Crippen LogP contribution < -0.4 is 19.5 Å². The minimum absolute atomic E-state index is 0.0227. The summed E-state index contributed by atoms with van der Waals surface area (Å²) in [5.41, 5.74) is 4.78. The fraction of sp³-hybridized carbons (Fsp3) is 0.386. The van der Waals surface area contributed by atoms with Gasteiger partial charge in [0.2, 0.25) is 18.1 Å². The fourth-order valence-corrected chi connectivity index (χ4v) is 6.19. The van der Waals surface area contributed by atoms with Crippen LogP contribution in [0.4, 0.5) is 10.1 Å². The zero-order chi connectivity index (χ0) is 39.0. The van der Waals surface area contributed by atoms with Crippen LogP contribution in [0.3, 0.4) is 0 Å². The second-order valence-electron chi connectivity index (χ2n) is 13.2. The third-order valence-electron chi connectivity index (χ3n) is 9.20. The van der Waals surface area contributed by atoms with Gasteiger partial charge < -0.3 is 33.9 Å². The molecule has 1 heterocycles. The molecule has 11 heteroatoms. The second-order valence-corrected chi connectivity index (χ2v) is 13.2. The standard InChI is InChI=1S/C44H51FN2O8/c1-4-32-27-37(33-15-19-35(45)20-16-33)40(53-30-31-11-8-7-9-12-31)29-39(32)55-44(5-2)54-38-28-36(21-17-34(38)18-22-43(50)52-6-3)46-41(48)13-10-14-42(49)47-23-25-51-26-24-47/h7-9,11-12,15-17,19-21,27-29,44H,4-6,10,13-14,18,22-26,30H2,1-3H3,(H,46,48). The predicted octanol–water partition coefficient (Wildman–Crippen LogP) is 8.29. The van der Waals surface area contributed by atoms with Crippen molar-refractivity contribution in [2.24, 2.45) is 0 Å². The molecule has 1 fully saturated rings. The van der Waals surface area contributed by atoms with E-state index in [1.807, 2.05) is 62.4 Å². The van der Waals surface area contributed by atoms with E-state index < -0.39 is 6.29 Å². The van der Waals surface area contributed by atoms with E-state index in [0.717, 1.165) is 27.8 Å². The van der Waals surface area contributed by atoms with Crippen LogP contribution in [0, 0.1) is 5.82 Å². The molecule has 5 rings (SSSR count). The first kappa shape index (κ1) is 40.8. The van der Waals surface area contributed by atoms with Crippen molar-refractivity contribution in [1.82, 2.24) is 4.90 Å². The Morgan fingerprint density at radius 2 is 1.55 bits per heavy atom. The predicted molar refractivity (Wildman–Crippen MR) is 209 cm³/mol. The molecule has 0 aliphatic carbocycles. The van der Waals surface area contributed by atoms with Crippen LogP contribution in [0.25, 0.3) is 11.1 Å². The molecular formula is C44H51FN2O8. The summed E-state index contributed by atoms with van der Waals surface area (Å²) in [6.07, 6.45) is 1.75. The molecule has 4 aromatic carbocycles. The zero-order valence-corrected chi connectivity index (χ0v) is 31.9. The number of benzene rings is 4. The summed E-state index contributed by atoms with van der Waals surface area (Å²) in [7, 11) is 0. The highest BCUT2D eigenvalue weighted by Gasteiger charge is 2.21. The molecule has 1 aliphatic heterocycles. The number of nitrogens with one attached hydrogen (secondary N) is 1. The maximum absolute atomic E-state index is 13.9. The van der Waals surface area contributed by atoms with Crippen LogP contribution in [-0.2, 0) is 43.3 Å². The first-order valence-corrected chi connectivity index (χ1v) is 19.1. The molecule has 55 heavy (non-hydrogen) atoms. The third kappa shape index (κ3) is 12.3. The Labute approximate surface area is 322 Å². The van der Waals surface area contributed by atoms with Gasteiger partial charge in [-0.2, -0.15) is 0 Å². The van der Waals surface area contributed by atoms with Crippen LogP contribution in [-0.4, -0.2) is 61.9 Å². The number of halogens is 1. The van der Waals surface area contributed by atoms with Crippen molar-refractivity contribution < 1.29 is 42.5 Å². The molecule has 10 nitrogen and oxygen atoms in total. The number of aryl methyl sites for hydroxylation is 2. The number of morpholine rings is 1. The van der Waals surface area contributed by atoms with E-state index in [2.05, 4.69) is 5.32 Å². The first-order valence-electron chi connectivity index (χ1n) is 19.1. The van der Waals surface area contributed by atoms with Crippen LogP contribution in [0.2, 0.25) is 0 Å². The molecule has 1 saturated heterocycles. The molecule has 0 saturated carbocycles. The van der Waals surface area contributed by atoms with E-state index in [4.69, 9.17) is 23.7 Å². The monoisotopic (exact) mass is 754 g/mol. The van der Waals surface area contributed by atoms with Crippen LogP contribution in [0.15, 0.2) is 84.9 Å². The Morgan fingerprint density at radius 1 is 0.818 bits per heavy atom. The Bertz CT molecular complexity index is 1860.